The summed E-state index contributed by atoms with van der Waals surface area (Å²) in [6.07, 6.45) is 1.95. The van der Waals surface area contributed by atoms with Crippen LogP contribution in [0.25, 0.3) is 6.08 Å². The van der Waals surface area contributed by atoms with Gasteiger partial charge in [-0.25, -0.2) is 0 Å². The Kier molecular flexibility index (Phi) is 4.85. The van der Waals surface area contributed by atoms with Crippen molar-refractivity contribution in [3.8, 4) is 11.5 Å². The first kappa shape index (κ1) is 13.9. The highest BCUT2D eigenvalue weighted by atomic mass is 35.5. The number of rotatable bonds is 4. The molecule has 0 saturated heterocycles. The van der Waals surface area contributed by atoms with Gasteiger partial charge in [0.2, 0.25) is 0 Å². The molecule has 0 aliphatic rings. The Morgan fingerprint density at radius 1 is 1.35 bits per heavy atom. The predicted molar refractivity (Wildman–Crippen MR) is 71.9 cm³/mol. The number of methoxy groups -OCH3 is 2. The molecule has 0 fully saturated rings. The normalized spacial score (nSPS) is 13.4. The van der Waals surface area contributed by atoms with Crippen molar-refractivity contribution in [1.82, 2.24) is 0 Å². The van der Waals surface area contributed by atoms with Crippen LogP contribution in [0.5, 0.6) is 11.5 Å². The minimum atomic E-state index is -0.000775. The Morgan fingerprint density at radius 2 is 2.00 bits per heavy atom. The summed E-state index contributed by atoms with van der Waals surface area (Å²) in [4.78, 5) is 0. The summed E-state index contributed by atoms with van der Waals surface area (Å²) in [7, 11) is 3.15. The van der Waals surface area contributed by atoms with Crippen LogP contribution >= 0.6 is 11.6 Å². The third kappa shape index (κ3) is 3.14. The van der Waals surface area contributed by atoms with Crippen molar-refractivity contribution in [2.75, 3.05) is 14.2 Å². The number of ether oxygens (including phenoxy) is 2. The maximum absolute atomic E-state index is 6.25. The van der Waals surface area contributed by atoms with Gasteiger partial charge in [-0.2, -0.15) is 0 Å². The quantitative estimate of drug-likeness (QED) is 0.899. The van der Waals surface area contributed by atoms with E-state index < -0.39 is 0 Å². The van der Waals surface area contributed by atoms with E-state index in [-0.39, 0.29) is 6.04 Å². The molecule has 1 unspecified atom stereocenters. The topological polar surface area (TPSA) is 44.5 Å². The lowest BCUT2D eigenvalue weighted by Crippen LogP contribution is -2.15. The highest BCUT2D eigenvalue weighted by Crippen LogP contribution is 2.38. The zero-order valence-corrected chi connectivity index (χ0v) is 11.3. The fourth-order valence-electron chi connectivity index (χ4n) is 1.39. The Bertz CT molecular complexity index is 428. The fraction of sp³-hybridized carbons (Fsp3) is 0.385. The van der Waals surface area contributed by atoms with Crippen molar-refractivity contribution in [1.29, 1.82) is 0 Å². The second kappa shape index (κ2) is 5.94. The Hall–Kier alpha value is -1.19. The lowest BCUT2D eigenvalue weighted by molar-refractivity contribution is 0.355. The molecule has 0 aliphatic carbocycles. The molecule has 1 atom stereocenters. The molecule has 0 spiro atoms. The lowest BCUT2D eigenvalue weighted by atomic mass is 10.1. The molecule has 4 heteroatoms. The zero-order chi connectivity index (χ0) is 13.0. The van der Waals surface area contributed by atoms with E-state index in [1.807, 2.05) is 32.1 Å². The van der Waals surface area contributed by atoms with E-state index in [2.05, 4.69) is 0 Å². The van der Waals surface area contributed by atoms with Crippen molar-refractivity contribution in [2.45, 2.75) is 19.9 Å². The molecule has 0 heterocycles. The zero-order valence-electron chi connectivity index (χ0n) is 10.6. The molecule has 1 rings (SSSR count). The minimum Gasteiger partial charge on any atom is -0.493 e. The van der Waals surface area contributed by atoms with E-state index in [0.717, 1.165) is 11.1 Å². The van der Waals surface area contributed by atoms with Gasteiger partial charge >= 0.3 is 0 Å². The Balaban J connectivity index is 3.24. The highest BCUT2D eigenvalue weighted by Gasteiger charge is 2.12. The molecule has 2 N–H and O–H groups in total. The summed E-state index contributed by atoms with van der Waals surface area (Å²) in [5, 5.41) is 0.534. The molecule has 17 heavy (non-hydrogen) atoms. The Morgan fingerprint density at radius 3 is 2.47 bits per heavy atom. The van der Waals surface area contributed by atoms with E-state index >= 15 is 0 Å². The highest BCUT2D eigenvalue weighted by molar-refractivity contribution is 6.33. The number of hydrogen-bond acceptors (Lipinski definition) is 3. The summed E-state index contributed by atoms with van der Waals surface area (Å²) >= 11 is 6.25. The van der Waals surface area contributed by atoms with Crippen LogP contribution < -0.4 is 15.2 Å². The van der Waals surface area contributed by atoms with Crippen LogP contribution in [-0.2, 0) is 0 Å². The van der Waals surface area contributed by atoms with Gasteiger partial charge < -0.3 is 15.2 Å². The molecule has 1 aromatic carbocycles. The average molecular weight is 256 g/mol. The van der Waals surface area contributed by atoms with Gasteiger partial charge in [-0.15, -0.1) is 0 Å². The van der Waals surface area contributed by atoms with Crippen LogP contribution in [0.1, 0.15) is 19.4 Å². The monoisotopic (exact) mass is 255 g/mol. The molecule has 0 radical (unpaired) electrons. The first-order chi connectivity index (χ1) is 8.01. The van der Waals surface area contributed by atoms with Gasteiger partial charge in [0.15, 0.2) is 11.5 Å². The summed E-state index contributed by atoms with van der Waals surface area (Å²) in [5.41, 5.74) is 7.72. The fourth-order valence-corrected chi connectivity index (χ4v) is 1.68. The van der Waals surface area contributed by atoms with E-state index in [1.165, 1.54) is 0 Å². The van der Waals surface area contributed by atoms with Gasteiger partial charge in [-0.05, 0) is 31.5 Å². The predicted octanol–water partition coefficient (Wildman–Crippen LogP) is 3.11. The first-order valence-electron chi connectivity index (χ1n) is 5.35. The van der Waals surface area contributed by atoms with Crippen molar-refractivity contribution in [3.63, 3.8) is 0 Å². The van der Waals surface area contributed by atoms with Crippen molar-refractivity contribution in [3.05, 3.63) is 28.3 Å². The number of nitrogens with two attached hydrogens (primary N) is 1. The second-order valence-corrected chi connectivity index (χ2v) is 4.26. The van der Waals surface area contributed by atoms with E-state index in [9.17, 15) is 0 Å². The van der Waals surface area contributed by atoms with Crippen LogP contribution in [-0.4, -0.2) is 20.3 Å². The maximum atomic E-state index is 6.25. The molecule has 3 nitrogen and oxygen atoms in total. The SMILES string of the molecule is COc1ccc(/C=C(/C)C(C)N)c(Cl)c1OC. The smallest absolute Gasteiger partial charge is 0.179 e. The van der Waals surface area contributed by atoms with Gasteiger partial charge in [0.25, 0.3) is 0 Å². The van der Waals surface area contributed by atoms with Crippen LogP contribution in [0.4, 0.5) is 0 Å². The molecule has 0 bridgehead atoms. The largest absolute Gasteiger partial charge is 0.493 e. The van der Waals surface area contributed by atoms with E-state index in [0.29, 0.717) is 16.5 Å². The molecular weight excluding hydrogens is 238 g/mol. The molecule has 0 amide bonds. The molecule has 0 saturated carbocycles. The summed E-state index contributed by atoms with van der Waals surface area (Å²) < 4.78 is 10.4. The second-order valence-electron chi connectivity index (χ2n) is 3.88. The molecule has 0 aromatic heterocycles. The van der Waals surface area contributed by atoms with Gasteiger partial charge in [0, 0.05) is 6.04 Å². The minimum absolute atomic E-state index is 0.000775. The van der Waals surface area contributed by atoms with Crippen molar-refractivity contribution in [2.24, 2.45) is 5.73 Å². The lowest BCUT2D eigenvalue weighted by Gasteiger charge is -2.12. The van der Waals surface area contributed by atoms with Crippen molar-refractivity contribution >= 4 is 17.7 Å². The Labute approximate surface area is 107 Å². The molecule has 94 valence electrons. The van der Waals surface area contributed by atoms with Crippen LogP contribution in [0.3, 0.4) is 0 Å². The maximum Gasteiger partial charge on any atom is 0.179 e. The van der Waals surface area contributed by atoms with Gasteiger partial charge in [-0.1, -0.05) is 23.3 Å². The van der Waals surface area contributed by atoms with E-state index in [1.54, 1.807) is 14.2 Å². The average Bonchev–Trinajstić information content (AvgIpc) is 2.31. The summed E-state index contributed by atoms with van der Waals surface area (Å²) in [5.74, 6) is 1.16. The van der Waals surface area contributed by atoms with Gasteiger partial charge in [0.05, 0.1) is 19.2 Å². The third-order valence-corrected chi connectivity index (χ3v) is 3.01. The van der Waals surface area contributed by atoms with E-state index in [4.69, 9.17) is 26.8 Å². The molecule has 1 aromatic rings. The summed E-state index contributed by atoms with van der Waals surface area (Å²) in [6, 6.07) is 3.71. The van der Waals surface area contributed by atoms with Crippen LogP contribution in [0.15, 0.2) is 17.7 Å². The van der Waals surface area contributed by atoms with Gasteiger partial charge in [-0.3, -0.25) is 0 Å². The number of hydrogen-bond donors (Lipinski definition) is 1. The van der Waals surface area contributed by atoms with Crippen LogP contribution in [0.2, 0.25) is 5.02 Å². The first-order valence-corrected chi connectivity index (χ1v) is 5.73. The molecule has 0 aliphatic heterocycles. The van der Waals surface area contributed by atoms with Crippen molar-refractivity contribution < 1.29 is 9.47 Å². The van der Waals surface area contributed by atoms with Crippen LogP contribution in [0, 0.1) is 0 Å². The third-order valence-electron chi connectivity index (χ3n) is 2.62. The molecular formula is C13H18ClNO2. The number of halogens is 1. The number of benzene rings is 1. The van der Waals surface area contributed by atoms with Gasteiger partial charge in [0.1, 0.15) is 0 Å². The standard InChI is InChI=1S/C13H18ClNO2/c1-8(9(2)15)7-10-5-6-11(16-3)13(17-4)12(10)14/h5-7,9H,15H2,1-4H3/b8-7-. The summed E-state index contributed by atoms with van der Waals surface area (Å²) in [6.45, 7) is 3.90.